The summed E-state index contributed by atoms with van der Waals surface area (Å²) in [4.78, 5) is 11.2. The predicted molar refractivity (Wildman–Crippen MR) is 92.2 cm³/mol. The van der Waals surface area contributed by atoms with Crippen molar-refractivity contribution in [3.05, 3.63) is 52.6 Å². The Kier molecular flexibility index (Phi) is 4.28. The Bertz CT molecular complexity index is 717. The second kappa shape index (κ2) is 6.20. The standard InChI is InChI=1S/C18H20NO2P/c1-11-6-14(8-17(22)16(11)9-18(19)20)13-3-2-12-4-5-21-10-15(12)7-13/h2-3,6-8H,4-5,9-10,22H2,1H3,(H2,19,20). The lowest BCUT2D eigenvalue weighted by atomic mass is 9.94. The molecule has 1 unspecified atom stereocenters. The summed E-state index contributed by atoms with van der Waals surface area (Å²) in [6.45, 7) is 3.52. The SMILES string of the molecule is Cc1cc(-c2ccc3c(c2)COCC3)cc(P)c1CC(N)=O. The van der Waals surface area contributed by atoms with E-state index in [1.165, 1.54) is 16.7 Å². The largest absolute Gasteiger partial charge is 0.376 e. The van der Waals surface area contributed by atoms with Crippen molar-refractivity contribution >= 4 is 20.5 Å². The molecule has 22 heavy (non-hydrogen) atoms. The number of amides is 1. The molecule has 1 aliphatic rings. The van der Waals surface area contributed by atoms with Crippen molar-refractivity contribution in [3.63, 3.8) is 0 Å². The Morgan fingerprint density at radius 1 is 1.23 bits per heavy atom. The number of aryl methyl sites for hydroxylation is 1. The zero-order valence-corrected chi connectivity index (χ0v) is 13.8. The molecule has 0 radical (unpaired) electrons. The minimum Gasteiger partial charge on any atom is -0.376 e. The van der Waals surface area contributed by atoms with Crippen LogP contribution in [0, 0.1) is 6.92 Å². The molecular weight excluding hydrogens is 293 g/mol. The van der Waals surface area contributed by atoms with E-state index in [0.29, 0.717) is 6.61 Å². The Morgan fingerprint density at radius 2 is 2.05 bits per heavy atom. The van der Waals surface area contributed by atoms with Crippen LogP contribution in [0.3, 0.4) is 0 Å². The van der Waals surface area contributed by atoms with Gasteiger partial charge in [-0.15, -0.1) is 9.24 Å². The fourth-order valence-electron chi connectivity index (χ4n) is 2.97. The van der Waals surface area contributed by atoms with E-state index in [4.69, 9.17) is 10.5 Å². The first-order chi connectivity index (χ1) is 10.5. The summed E-state index contributed by atoms with van der Waals surface area (Å²) in [7, 11) is 2.72. The molecule has 0 fully saturated rings. The van der Waals surface area contributed by atoms with Crippen molar-refractivity contribution in [2.75, 3.05) is 6.61 Å². The van der Waals surface area contributed by atoms with Crippen LogP contribution in [0.5, 0.6) is 0 Å². The molecule has 0 aromatic heterocycles. The van der Waals surface area contributed by atoms with Gasteiger partial charge < -0.3 is 10.5 Å². The quantitative estimate of drug-likeness (QED) is 0.884. The number of rotatable bonds is 3. The van der Waals surface area contributed by atoms with E-state index < -0.39 is 0 Å². The first kappa shape index (κ1) is 15.2. The van der Waals surface area contributed by atoms with Crippen LogP contribution in [0.15, 0.2) is 30.3 Å². The molecule has 0 saturated heterocycles. The van der Waals surface area contributed by atoms with Crippen molar-refractivity contribution in [1.82, 2.24) is 0 Å². The molecule has 2 aromatic rings. The highest BCUT2D eigenvalue weighted by Gasteiger charge is 2.13. The van der Waals surface area contributed by atoms with Gasteiger partial charge in [-0.25, -0.2) is 0 Å². The summed E-state index contributed by atoms with van der Waals surface area (Å²) >= 11 is 0. The summed E-state index contributed by atoms with van der Waals surface area (Å²) in [6, 6.07) is 10.8. The number of primary amides is 1. The van der Waals surface area contributed by atoms with Crippen molar-refractivity contribution in [2.45, 2.75) is 26.4 Å². The zero-order chi connectivity index (χ0) is 15.7. The first-order valence-electron chi connectivity index (χ1n) is 7.42. The highest BCUT2D eigenvalue weighted by Crippen LogP contribution is 2.27. The fourth-order valence-corrected chi connectivity index (χ4v) is 3.48. The Balaban J connectivity index is 2.00. The molecule has 0 saturated carbocycles. The third-order valence-electron chi connectivity index (χ3n) is 4.17. The molecule has 1 heterocycles. The topological polar surface area (TPSA) is 52.3 Å². The third kappa shape index (κ3) is 3.06. The number of ether oxygens (including phenoxy) is 1. The molecule has 1 atom stereocenters. The fraction of sp³-hybridized carbons (Fsp3) is 0.278. The monoisotopic (exact) mass is 313 g/mol. The number of nitrogens with two attached hydrogens (primary N) is 1. The van der Waals surface area contributed by atoms with Gasteiger partial charge in [0.25, 0.3) is 0 Å². The predicted octanol–water partition coefficient (Wildman–Crippen LogP) is 2.26. The van der Waals surface area contributed by atoms with Crippen LogP contribution in [-0.4, -0.2) is 12.5 Å². The van der Waals surface area contributed by atoms with Gasteiger partial charge in [0.15, 0.2) is 0 Å². The van der Waals surface area contributed by atoms with Gasteiger partial charge in [0.2, 0.25) is 5.91 Å². The second-order valence-electron chi connectivity index (χ2n) is 5.79. The highest BCUT2D eigenvalue weighted by molar-refractivity contribution is 7.27. The number of carbonyl (C=O) groups is 1. The van der Waals surface area contributed by atoms with Gasteiger partial charge in [0, 0.05) is 0 Å². The van der Waals surface area contributed by atoms with E-state index >= 15 is 0 Å². The van der Waals surface area contributed by atoms with E-state index in [1.807, 2.05) is 6.92 Å². The molecular formula is C18H20NO2P. The molecule has 0 bridgehead atoms. The number of hydrogen-bond donors (Lipinski definition) is 1. The smallest absolute Gasteiger partial charge is 0.221 e. The maximum Gasteiger partial charge on any atom is 0.221 e. The van der Waals surface area contributed by atoms with Crippen LogP contribution in [-0.2, 0) is 29.0 Å². The van der Waals surface area contributed by atoms with Gasteiger partial charge in [-0.05, 0) is 64.2 Å². The van der Waals surface area contributed by atoms with Crippen LogP contribution in [0.25, 0.3) is 11.1 Å². The number of hydrogen-bond acceptors (Lipinski definition) is 2. The maximum atomic E-state index is 11.2. The molecule has 2 aromatic carbocycles. The van der Waals surface area contributed by atoms with Gasteiger partial charge in [-0.1, -0.05) is 18.2 Å². The summed E-state index contributed by atoms with van der Waals surface area (Å²) in [5.74, 6) is -0.300. The van der Waals surface area contributed by atoms with Crippen molar-refractivity contribution < 1.29 is 9.53 Å². The molecule has 114 valence electrons. The summed E-state index contributed by atoms with van der Waals surface area (Å²) in [6.07, 6.45) is 1.27. The van der Waals surface area contributed by atoms with Crippen LogP contribution in [0.4, 0.5) is 0 Å². The molecule has 3 nitrogen and oxygen atoms in total. The molecule has 1 aliphatic heterocycles. The minimum atomic E-state index is -0.300. The van der Waals surface area contributed by atoms with Crippen LogP contribution in [0.2, 0.25) is 0 Å². The molecule has 2 N–H and O–H groups in total. The maximum absolute atomic E-state index is 11.2. The van der Waals surface area contributed by atoms with Crippen molar-refractivity contribution in [3.8, 4) is 11.1 Å². The Hall–Kier alpha value is -1.70. The van der Waals surface area contributed by atoms with E-state index in [-0.39, 0.29) is 12.3 Å². The Morgan fingerprint density at radius 3 is 2.77 bits per heavy atom. The van der Waals surface area contributed by atoms with Gasteiger partial charge in [0.1, 0.15) is 0 Å². The normalized spacial score (nSPS) is 13.7. The van der Waals surface area contributed by atoms with E-state index in [1.54, 1.807) is 0 Å². The second-order valence-corrected chi connectivity index (χ2v) is 6.41. The van der Waals surface area contributed by atoms with Crippen LogP contribution < -0.4 is 11.0 Å². The van der Waals surface area contributed by atoms with E-state index in [9.17, 15) is 4.79 Å². The van der Waals surface area contributed by atoms with Gasteiger partial charge in [-0.3, -0.25) is 4.79 Å². The van der Waals surface area contributed by atoms with Crippen molar-refractivity contribution in [1.29, 1.82) is 0 Å². The highest BCUT2D eigenvalue weighted by atomic mass is 31.0. The van der Waals surface area contributed by atoms with E-state index in [0.717, 1.165) is 35.0 Å². The minimum absolute atomic E-state index is 0.281. The average Bonchev–Trinajstić information content (AvgIpc) is 2.50. The lowest BCUT2D eigenvalue weighted by Gasteiger charge is -2.18. The van der Waals surface area contributed by atoms with Gasteiger partial charge >= 0.3 is 0 Å². The van der Waals surface area contributed by atoms with Gasteiger partial charge in [-0.2, -0.15) is 0 Å². The summed E-state index contributed by atoms with van der Waals surface area (Å²) < 4.78 is 5.54. The summed E-state index contributed by atoms with van der Waals surface area (Å²) in [5, 5.41) is 1.03. The van der Waals surface area contributed by atoms with Gasteiger partial charge in [0.05, 0.1) is 19.6 Å². The average molecular weight is 313 g/mol. The Labute approximate surface area is 133 Å². The van der Waals surface area contributed by atoms with Crippen LogP contribution >= 0.6 is 9.24 Å². The number of carbonyl (C=O) groups excluding carboxylic acids is 1. The molecule has 0 aliphatic carbocycles. The molecule has 4 heteroatoms. The third-order valence-corrected chi connectivity index (χ3v) is 4.69. The molecule has 0 spiro atoms. The molecule has 3 rings (SSSR count). The first-order valence-corrected chi connectivity index (χ1v) is 7.99. The van der Waals surface area contributed by atoms with Crippen LogP contribution in [0.1, 0.15) is 22.3 Å². The lowest BCUT2D eigenvalue weighted by molar-refractivity contribution is -0.117. The number of benzene rings is 2. The van der Waals surface area contributed by atoms with Crippen molar-refractivity contribution in [2.24, 2.45) is 5.73 Å². The van der Waals surface area contributed by atoms with E-state index in [2.05, 4.69) is 39.6 Å². The zero-order valence-electron chi connectivity index (χ0n) is 12.7. The lowest BCUT2D eigenvalue weighted by Crippen LogP contribution is -2.18. The molecule has 1 amide bonds. The summed E-state index contributed by atoms with van der Waals surface area (Å²) in [5.41, 5.74) is 12.4. The number of fused-ring (bicyclic) bond motifs is 1.